The van der Waals surface area contributed by atoms with Crippen molar-refractivity contribution in [2.45, 2.75) is 25.1 Å². The van der Waals surface area contributed by atoms with Crippen LogP contribution < -0.4 is 16.4 Å². The molecule has 0 aliphatic carbocycles. The van der Waals surface area contributed by atoms with Gasteiger partial charge >= 0.3 is 6.09 Å². The Kier molecular flexibility index (Phi) is 8.63. The number of primary amides is 1. The molecule has 0 saturated heterocycles. The van der Waals surface area contributed by atoms with Gasteiger partial charge in [0.15, 0.2) is 0 Å². The number of aliphatic hydroxyl groups is 1. The minimum Gasteiger partial charge on any atom is -0.445 e. The first kappa shape index (κ1) is 22.4. The summed E-state index contributed by atoms with van der Waals surface area (Å²) in [7, 11) is 0. The molecule has 0 aliphatic heterocycles. The number of carbonyl (C=O) groups excluding carboxylic acids is 3. The number of hydrogen-bond acceptors (Lipinski definition) is 5. The smallest absolute Gasteiger partial charge is 0.408 e. The van der Waals surface area contributed by atoms with Crippen molar-refractivity contribution >= 4 is 33.8 Å². The van der Waals surface area contributed by atoms with Crippen molar-refractivity contribution in [3.8, 4) is 0 Å². The predicted octanol–water partition coefficient (Wildman–Crippen LogP) is 1.25. The van der Waals surface area contributed by atoms with Crippen molar-refractivity contribution in [1.29, 1.82) is 0 Å². The number of rotatable bonds is 9. The summed E-state index contributed by atoms with van der Waals surface area (Å²) in [6, 6.07) is 13.9. The number of aliphatic hydroxyl groups excluding tert-OH is 1. The molecular formula is C20H22BrN3O5. The Labute approximate surface area is 176 Å². The second-order valence-electron chi connectivity index (χ2n) is 6.20. The summed E-state index contributed by atoms with van der Waals surface area (Å²) in [5.74, 6) is -1.49. The number of carbonyl (C=O) groups is 3. The molecule has 0 aromatic heterocycles. The van der Waals surface area contributed by atoms with E-state index in [1.807, 2.05) is 12.1 Å². The Bertz CT molecular complexity index is 847. The van der Waals surface area contributed by atoms with Gasteiger partial charge in [-0.1, -0.05) is 64.5 Å². The van der Waals surface area contributed by atoms with Gasteiger partial charge < -0.3 is 26.2 Å². The lowest BCUT2D eigenvalue weighted by Gasteiger charge is -2.21. The second kappa shape index (κ2) is 11.2. The van der Waals surface area contributed by atoms with E-state index in [2.05, 4.69) is 26.6 Å². The second-order valence-corrected chi connectivity index (χ2v) is 7.05. The largest absolute Gasteiger partial charge is 0.445 e. The zero-order chi connectivity index (χ0) is 21.2. The van der Waals surface area contributed by atoms with Crippen molar-refractivity contribution in [3.63, 3.8) is 0 Å². The number of nitrogens with two attached hydrogens (primary N) is 1. The standard InChI is InChI=1S/C20H22BrN3O5/c21-15-9-5-4-8-14(15)10-16(18(22)26)23-19(27)17(11-25)24-20(28)29-12-13-6-2-1-3-7-13/h1-9,16-17,25H,10-12H2,(H2,22,26)(H,23,27)(H,24,28)/t16-,17-/m0/s1. The molecule has 3 amide bonds. The molecule has 5 N–H and O–H groups in total. The number of hydrogen-bond donors (Lipinski definition) is 4. The number of halogens is 1. The van der Waals surface area contributed by atoms with Crippen molar-refractivity contribution in [2.24, 2.45) is 5.73 Å². The lowest BCUT2D eigenvalue weighted by molar-refractivity contribution is -0.129. The van der Waals surface area contributed by atoms with E-state index in [1.165, 1.54) is 0 Å². The summed E-state index contributed by atoms with van der Waals surface area (Å²) in [6.07, 6.45) is -0.719. The summed E-state index contributed by atoms with van der Waals surface area (Å²) in [6.45, 7) is -0.662. The van der Waals surface area contributed by atoms with Crippen molar-refractivity contribution in [2.75, 3.05) is 6.61 Å². The van der Waals surface area contributed by atoms with Crippen LogP contribution >= 0.6 is 15.9 Å². The highest BCUT2D eigenvalue weighted by molar-refractivity contribution is 9.10. The molecule has 8 nitrogen and oxygen atoms in total. The minimum atomic E-state index is -1.29. The maximum Gasteiger partial charge on any atom is 0.408 e. The normalized spacial score (nSPS) is 12.5. The molecule has 154 valence electrons. The summed E-state index contributed by atoms with van der Waals surface area (Å²) in [4.78, 5) is 36.1. The number of ether oxygens (including phenoxy) is 1. The molecule has 0 fully saturated rings. The van der Waals surface area contributed by atoms with Crippen LogP contribution in [0, 0.1) is 0 Å². The van der Waals surface area contributed by atoms with E-state index in [4.69, 9.17) is 10.5 Å². The van der Waals surface area contributed by atoms with Crippen molar-refractivity contribution in [1.82, 2.24) is 10.6 Å². The quantitative estimate of drug-likeness (QED) is 0.444. The third-order valence-corrected chi connectivity index (χ3v) is 4.82. The summed E-state index contributed by atoms with van der Waals surface area (Å²) in [5, 5.41) is 14.2. The highest BCUT2D eigenvalue weighted by Crippen LogP contribution is 2.17. The molecule has 2 aromatic carbocycles. The van der Waals surface area contributed by atoms with Crippen molar-refractivity contribution < 1.29 is 24.2 Å². The highest BCUT2D eigenvalue weighted by Gasteiger charge is 2.26. The zero-order valence-electron chi connectivity index (χ0n) is 15.5. The molecule has 0 heterocycles. The van der Waals surface area contributed by atoms with Gasteiger partial charge in [-0.15, -0.1) is 0 Å². The van der Waals surface area contributed by atoms with Crippen LogP contribution in [-0.2, 0) is 27.4 Å². The van der Waals surface area contributed by atoms with E-state index < -0.39 is 36.6 Å². The molecule has 2 atom stereocenters. The van der Waals surface area contributed by atoms with Crippen LogP contribution in [0.5, 0.6) is 0 Å². The Morgan fingerprint density at radius 3 is 2.28 bits per heavy atom. The minimum absolute atomic E-state index is 0.0123. The molecule has 0 saturated carbocycles. The van der Waals surface area contributed by atoms with Crippen LogP contribution in [0.25, 0.3) is 0 Å². The lowest BCUT2D eigenvalue weighted by Crippen LogP contribution is -2.55. The Hall–Kier alpha value is -2.91. The molecule has 0 bridgehead atoms. The first-order chi connectivity index (χ1) is 13.9. The van der Waals surface area contributed by atoms with E-state index >= 15 is 0 Å². The molecule has 2 aromatic rings. The highest BCUT2D eigenvalue weighted by atomic mass is 79.9. The van der Waals surface area contributed by atoms with Crippen molar-refractivity contribution in [3.05, 3.63) is 70.2 Å². The SMILES string of the molecule is NC(=O)[C@H](Cc1ccccc1Br)NC(=O)[C@H](CO)NC(=O)OCc1ccccc1. The van der Waals surface area contributed by atoms with Crippen LogP contribution in [0.4, 0.5) is 4.79 Å². The molecule has 0 unspecified atom stereocenters. The summed E-state index contributed by atoms with van der Waals surface area (Å²) < 4.78 is 5.80. The Morgan fingerprint density at radius 1 is 1.00 bits per heavy atom. The number of benzene rings is 2. The van der Waals surface area contributed by atoms with E-state index in [9.17, 15) is 19.5 Å². The molecule has 0 radical (unpaired) electrons. The third kappa shape index (κ3) is 7.20. The molecule has 0 spiro atoms. The molecular weight excluding hydrogens is 442 g/mol. The van der Waals surface area contributed by atoms with Gasteiger partial charge in [-0.05, 0) is 17.2 Å². The Balaban J connectivity index is 1.93. The van der Waals surface area contributed by atoms with Gasteiger partial charge in [0, 0.05) is 10.9 Å². The fourth-order valence-electron chi connectivity index (χ4n) is 2.48. The predicted molar refractivity (Wildman–Crippen MR) is 110 cm³/mol. The molecule has 2 rings (SSSR count). The van der Waals surface area contributed by atoms with Crippen LogP contribution in [0.2, 0.25) is 0 Å². The van der Waals surface area contributed by atoms with Crippen LogP contribution in [0.3, 0.4) is 0 Å². The number of alkyl carbamates (subject to hydrolysis) is 1. The van der Waals surface area contributed by atoms with Crippen LogP contribution in [0.15, 0.2) is 59.1 Å². The average molecular weight is 464 g/mol. The van der Waals surface area contributed by atoms with Gasteiger partial charge in [-0.25, -0.2) is 4.79 Å². The fourth-order valence-corrected chi connectivity index (χ4v) is 2.93. The monoisotopic (exact) mass is 463 g/mol. The topological polar surface area (TPSA) is 131 Å². The van der Waals surface area contributed by atoms with Gasteiger partial charge in [0.05, 0.1) is 6.61 Å². The zero-order valence-corrected chi connectivity index (χ0v) is 17.1. The summed E-state index contributed by atoms with van der Waals surface area (Å²) in [5.41, 5.74) is 6.94. The van der Waals surface area contributed by atoms with E-state index in [1.54, 1.807) is 42.5 Å². The number of nitrogens with one attached hydrogen (secondary N) is 2. The lowest BCUT2D eigenvalue weighted by atomic mass is 10.1. The Morgan fingerprint density at radius 2 is 1.66 bits per heavy atom. The van der Waals surface area contributed by atoms with Gasteiger partial charge in [-0.3, -0.25) is 9.59 Å². The van der Waals surface area contributed by atoms with Crippen LogP contribution in [-0.4, -0.2) is 41.7 Å². The van der Waals surface area contributed by atoms with E-state index in [0.29, 0.717) is 0 Å². The molecule has 29 heavy (non-hydrogen) atoms. The van der Waals surface area contributed by atoms with Gasteiger partial charge in [0.1, 0.15) is 18.7 Å². The third-order valence-electron chi connectivity index (χ3n) is 4.05. The van der Waals surface area contributed by atoms with Gasteiger partial charge in [-0.2, -0.15) is 0 Å². The maximum atomic E-state index is 12.4. The first-order valence-electron chi connectivity index (χ1n) is 8.82. The van der Waals surface area contributed by atoms with E-state index in [0.717, 1.165) is 15.6 Å². The van der Waals surface area contributed by atoms with Gasteiger partial charge in [0.25, 0.3) is 0 Å². The number of amides is 3. The summed E-state index contributed by atoms with van der Waals surface area (Å²) >= 11 is 3.37. The fraction of sp³-hybridized carbons (Fsp3) is 0.250. The first-order valence-corrected chi connectivity index (χ1v) is 9.61. The average Bonchev–Trinajstić information content (AvgIpc) is 2.72. The van der Waals surface area contributed by atoms with Crippen LogP contribution in [0.1, 0.15) is 11.1 Å². The maximum absolute atomic E-state index is 12.4. The van der Waals surface area contributed by atoms with Gasteiger partial charge in [0.2, 0.25) is 11.8 Å². The molecule has 0 aliphatic rings. The van der Waals surface area contributed by atoms with E-state index in [-0.39, 0.29) is 13.0 Å². The molecule has 9 heteroatoms.